The molecule has 0 unspecified atom stereocenters. The maximum atomic E-state index is 4.69. The molecule has 0 amide bonds. The molecule has 3 nitrogen and oxygen atoms in total. The summed E-state index contributed by atoms with van der Waals surface area (Å²) in [4.78, 5) is 10.6. The minimum absolute atomic E-state index is 0.810. The lowest BCUT2D eigenvalue weighted by Gasteiger charge is -2.09. The number of hydrogen-bond acceptors (Lipinski definition) is 4. The van der Waals surface area contributed by atoms with E-state index in [1.165, 1.54) is 4.90 Å². The first-order chi connectivity index (χ1) is 10.3. The van der Waals surface area contributed by atoms with Crippen molar-refractivity contribution in [2.24, 2.45) is 0 Å². The smallest absolute Gasteiger partial charge is 0.161 e. The molecule has 2 aromatic rings. The van der Waals surface area contributed by atoms with E-state index in [2.05, 4.69) is 61.4 Å². The van der Waals surface area contributed by atoms with Gasteiger partial charge in [0.15, 0.2) is 5.82 Å². The fraction of sp³-hybridized carbons (Fsp3) is 0.412. The molecule has 1 aromatic carbocycles. The minimum Gasteiger partial charge on any atom is -0.370 e. The van der Waals surface area contributed by atoms with Crippen molar-refractivity contribution in [3.05, 3.63) is 36.0 Å². The Morgan fingerprint density at radius 3 is 2.43 bits per heavy atom. The number of rotatable bonds is 7. The van der Waals surface area contributed by atoms with Gasteiger partial charge in [-0.05, 0) is 31.2 Å². The Bertz CT molecular complexity index is 542. The van der Waals surface area contributed by atoms with Gasteiger partial charge in [0.25, 0.3) is 0 Å². The van der Waals surface area contributed by atoms with Crippen LogP contribution in [0.1, 0.15) is 32.9 Å². The Hall–Kier alpha value is -1.55. The molecular weight excluding hydrogens is 278 g/mol. The van der Waals surface area contributed by atoms with Crippen molar-refractivity contribution in [3.8, 4) is 11.4 Å². The molecular formula is C17H23N3S. The first-order valence-electron chi connectivity index (χ1n) is 7.61. The van der Waals surface area contributed by atoms with Gasteiger partial charge in [0, 0.05) is 28.8 Å². The first kappa shape index (κ1) is 15.8. The average molecular weight is 301 g/mol. The number of aryl methyl sites for hydroxylation is 1. The van der Waals surface area contributed by atoms with Gasteiger partial charge in [-0.25, -0.2) is 9.97 Å². The van der Waals surface area contributed by atoms with E-state index in [0.29, 0.717) is 0 Å². The number of nitrogens with one attached hydrogen (secondary N) is 1. The average Bonchev–Trinajstić information content (AvgIpc) is 2.49. The van der Waals surface area contributed by atoms with E-state index in [1.807, 2.05) is 11.8 Å². The summed E-state index contributed by atoms with van der Waals surface area (Å²) in [6, 6.07) is 10.6. The van der Waals surface area contributed by atoms with Crippen LogP contribution >= 0.6 is 11.8 Å². The normalized spacial score (nSPS) is 10.6. The highest BCUT2D eigenvalue weighted by molar-refractivity contribution is 7.99. The number of aromatic nitrogens is 2. The molecule has 0 saturated carbocycles. The number of anilines is 1. The lowest BCUT2D eigenvalue weighted by Crippen LogP contribution is -2.04. The van der Waals surface area contributed by atoms with E-state index < -0.39 is 0 Å². The topological polar surface area (TPSA) is 37.8 Å². The number of nitrogens with zero attached hydrogens (tertiary/aromatic N) is 2. The van der Waals surface area contributed by atoms with Crippen molar-refractivity contribution < 1.29 is 0 Å². The van der Waals surface area contributed by atoms with Crippen LogP contribution in [-0.4, -0.2) is 22.3 Å². The van der Waals surface area contributed by atoms with Crippen molar-refractivity contribution in [2.45, 2.75) is 38.5 Å². The number of thioether (sulfide) groups is 1. The highest BCUT2D eigenvalue weighted by Crippen LogP contribution is 2.23. The van der Waals surface area contributed by atoms with Gasteiger partial charge in [0.2, 0.25) is 0 Å². The third-order valence-electron chi connectivity index (χ3n) is 3.07. The Kier molecular flexibility index (Phi) is 6.05. The van der Waals surface area contributed by atoms with Crippen molar-refractivity contribution in [1.29, 1.82) is 0 Å². The number of benzene rings is 1. The summed E-state index contributed by atoms with van der Waals surface area (Å²) in [5.41, 5.74) is 2.18. The zero-order chi connectivity index (χ0) is 15.1. The summed E-state index contributed by atoms with van der Waals surface area (Å²) < 4.78 is 0. The second-order valence-corrected chi connectivity index (χ2v) is 6.14. The van der Waals surface area contributed by atoms with E-state index in [0.717, 1.165) is 48.0 Å². The highest BCUT2D eigenvalue weighted by Gasteiger charge is 2.06. The molecule has 1 aromatic heterocycles. The van der Waals surface area contributed by atoms with Gasteiger partial charge in [-0.2, -0.15) is 0 Å². The fourth-order valence-electron chi connectivity index (χ4n) is 2.15. The SMILES string of the molecule is CCCc1cc(NCC)nc(-c2ccc(SCC)cc2)n1. The van der Waals surface area contributed by atoms with Gasteiger partial charge >= 0.3 is 0 Å². The van der Waals surface area contributed by atoms with Crippen LogP contribution in [0.5, 0.6) is 0 Å². The number of hydrogen-bond donors (Lipinski definition) is 1. The third kappa shape index (κ3) is 4.46. The molecule has 4 heteroatoms. The van der Waals surface area contributed by atoms with E-state index in [-0.39, 0.29) is 0 Å². The molecule has 0 fully saturated rings. The van der Waals surface area contributed by atoms with Gasteiger partial charge in [-0.1, -0.05) is 32.4 Å². The Morgan fingerprint density at radius 2 is 1.81 bits per heavy atom. The van der Waals surface area contributed by atoms with Gasteiger partial charge in [-0.3, -0.25) is 0 Å². The summed E-state index contributed by atoms with van der Waals surface area (Å²) in [6.45, 7) is 7.29. The fourth-order valence-corrected chi connectivity index (χ4v) is 2.81. The summed E-state index contributed by atoms with van der Waals surface area (Å²) in [5, 5.41) is 3.29. The third-order valence-corrected chi connectivity index (χ3v) is 3.96. The van der Waals surface area contributed by atoms with Crippen LogP contribution in [0.25, 0.3) is 11.4 Å². The molecule has 0 aliphatic heterocycles. The van der Waals surface area contributed by atoms with Crippen LogP contribution in [0.2, 0.25) is 0 Å². The predicted molar refractivity (Wildman–Crippen MR) is 92.0 cm³/mol. The Morgan fingerprint density at radius 1 is 1.05 bits per heavy atom. The molecule has 0 radical (unpaired) electrons. The van der Waals surface area contributed by atoms with Crippen LogP contribution in [0.3, 0.4) is 0 Å². The van der Waals surface area contributed by atoms with Crippen LogP contribution in [0, 0.1) is 0 Å². The van der Waals surface area contributed by atoms with Gasteiger partial charge in [0.05, 0.1) is 0 Å². The largest absolute Gasteiger partial charge is 0.370 e. The van der Waals surface area contributed by atoms with Gasteiger partial charge < -0.3 is 5.32 Å². The van der Waals surface area contributed by atoms with Crippen LogP contribution in [0.4, 0.5) is 5.82 Å². The van der Waals surface area contributed by atoms with E-state index in [9.17, 15) is 0 Å². The van der Waals surface area contributed by atoms with Gasteiger partial charge in [0.1, 0.15) is 5.82 Å². The second kappa shape index (κ2) is 8.03. The van der Waals surface area contributed by atoms with E-state index >= 15 is 0 Å². The maximum Gasteiger partial charge on any atom is 0.161 e. The molecule has 0 aliphatic rings. The summed E-state index contributed by atoms with van der Waals surface area (Å²) >= 11 is 1.85. The van der Waals surface area contributed by atoms with Crippen LogP contribution in [0.15, 0.2) is 35.2 Å². The maximum absolute atomic E-state index is 4.69. The molecule has 0 aliphatic carbocycles. The minimum atomic E-state index is 0.810. The lowest BCUT2D eigenvalue weighted by atomic mass is 10.2. The first-order valence-corrected chi connectivity index (χ1v) is 8.60. The van der Waals surface area contributed by atoms with Crippen LogP contribution in [-0.2, 0) is 6.42 Å². The summed E-state index contributed by atoms with van der Waals surface area (Å²) in [6.07, 6.45) is 2.08. The summed E-state index contributed by atoms with van der Waals surface area (Å²) in [5.74, 6) is 2.81. The molecule has 2 rings (SSSR count). The van der Waals surface area contributed by atoms with Crippen molar-refractivity contribution in [3.63, 3.8) is 0 Å². The molecule has 112 valence electrons. The van der Waals surface area contributed by atoms with Crippen molar-refractivity contribution in [1.82, 2.24) is 9.97 Å². The zero-order valence-electron chi connectivity index (χ0n) is 13.0. The highest BCUT2D eigenvalue weighted by atomic mass is 32.2. The molecule has 0 atom stereocenters. The molecule has 0 spiro atoms. The van der Waals surface area contributed by atoms with E-state index in [1.54, 1.807) is 0 Å². The molecule has 0 bridgehead atoms. The standard InChI is InChI=1S/C17H23N3S/c1-4-7-14-12-16(18-5-2)20-17(19-14)13-8-10-15(11-9-13)21-6-3/h8-12H,4-7H2,1-3H3,(H,18,19,20). The zero-order valence-corrected chi connectivity index (χ0v) is 13.8. The monoisotopic (exact) mass is 301 g/mol. The lowest BCUT2D eigenvalue weighted by molar-refractivity contribution is 0.875. The quantitative estimate of drug-likeness (QED) is 0.756. The second-order valence-electron chi connectivity index (χ2n) is 4.81. The Balaban J connectivity index is 2.32. The predicted octanol–water partition coefficient (Wildman–Crippen LogP) is 4.64. The van der Waals surface area contributed by atoms with Crippen molar-refractivity contribution >= 4 is 17.6 Å². The molecule has 1 N–H and O–H groups in total. The molecule has 0 saturated heterocycles. The molecule has 1 heterocycles. The van der Waals surface area contributed by atoms with Crippen molar-refractivity contribution in [2.75, 3.05) is 17.6 Å². The van der Waals surface area contributed by atoms with Gasteiger partial charge in [-0.15, -0.1) is 11.8 Å². The van der Waals surface area contributed by atoms with Crippen LogP contribution < -0.4 is 5.32 Å². The Labute approximate surface area is 131 Å². The summed E-state index contributed by atoms with van der Waals surface area (Å²) in [7, 11) is 0. The van der Waals surface area contributed by atoms with E-state index in [4.69, 9.17) is 4.98 Å². The molecule has 21 heavy (non-hydrogen) atoms.